The Labute approximate surface area is 138 Å². The third kappa shape index (κ3) is 3.09. The van der Waals surface area contributed by atoms with Gasteiger partial charge in [-0.3, -0.25) is 0 Å². The predicted molar refractivity (Wildman–Crippen MR) is 88.0 cm³/mol. The summed E-state index contributed by atoms with van der Waals surface area (Å²) in [6.45, 7) is 5.61. The normalized spacial score (nSPS) is 20.2. The minimum atomic E-state index is -3.39. The summed E-state index contributed by atoms with van der Waals surface area (Å²) in [6.07, 6.45) is 4.13. The lowest BCUT2D eigenvalue weighted by molar-refractivity contribution is 0.142. The zero-order valence-electron chi connectivity index (χ0n) is 11.7. The van der Waals surface area contributed by atoms with Crippen molar-refractivity contribution < 1.29 is 8.42 Å². The number of hydrogen-bond acceptors (Lipinski definition) is 3. The van der Waals surface area contributed by atoms with Crippen molar-refractivity contribution in [1.82, 2.24) is 4.31 Å². The molecule has 2 heterocycles. The van der Waals surface area contributed by atoms with Crippen LogP contribution in [0.5, 0.6) is 0 Å². The lowest BCUT2D eigenvalue weighted by Gasteiger charge is -2.40. The van der Waals surface area contributed by atoms with Gasteiger partial charge in [0.15, 0.2) is 0 Å². The Kier molecular flexibility index (Phi) is 5.23. The number of thiophene rings is 1. The Morgan fingerprint density at radius 2 is 1.90 bits per heavy atom. The number of piperidine rings is 1. The fourth-order valence-corrected chi connectivity index (χ4v) is 6.73. The van der Waals surface area contributed by atoms with Crippen molar-refractivity contribution in [2.45, 2.75) is 43.7 Å². The van der Waals surface area contributed by atoms with Crippen molar-refractivity contribution in [3.63, 3.8) is 0 Å². The molecule has 0 spiro atoms. The number of nitrogens with zero attached hydrogens (tertiary/aromatic N) is 1. The molecule has 0 aliphatic carbocycles. The van der Waals surface area contributed by atoms with E-state index in [4.69, 9.17) is 11.6 Å². The van der Waals surface area contributed by atoms with Gasteiger partial charge < -0.3 is 0 Å². The highest BCUT2D eigenvalue weighted by Crippen LogP contribution is 2.41. The van der Waals surface area contributed by atoms with Crippen LogP contribution < -0.4 is 0 Å². The molecular weight excluding hydrogens is 382 g/mol. The van der Waals surface area contributed by atoms with Crippen LogP contribution in [0.25, 0.3) is 0 Å². The van der Waals surface area contributed by atoms with Crippen LogP contribution in [0, 0.1) is 5.41 Å². The molecule has 0 radical (unpaired) electrons. The van der Waals surface area contributed by atoms with E-state index in [1.807, 2.05) is 0 Å². The van der Waals surface area contributed by atoms with Crippen LogP contribution in [0.4, 0.5) is 0 Å². The van der Waals surface area contributed by atoms with Crippen LogP contribution in [-0.2, 0) is 10.0 Å². The topological polar surface area (TPSA) is 37.4 Å². The van der Waals surface area contributed by atoms with E-state index in [-0.39, 0.29) is 0 Å². The largest absolute Gasteiger partial charge is 0.252 e. The molecule has 1 fully saturated rings. The van der Waals surface area contributed by atoms with Gasteiger partial charge >= 0.3 is 0 Å². The first-order chi connectivity index (χ1) is 9.34. The summed E-state index contributed by atoms with van der Waals surface area (Å²) in [4.78, 5) is 0. The van der Waals surface area contributed by atoms with E-state index in [0.717, 1.165) is 25.7 Å². The zero-order chi connectivity index (χ0) is 15.0. The smallest absolute Gasteiger partial charge is 0.206 e. The SMILES string of the molecule is CCC1(CC)CCN(S(=O)(=O)c2cc(Cl)c(Br)s2)CC1. The Hall–Kier alpha value is 0.380. The summed E-state index contributed by atoms with van der Waals surface area (Å²) < 4.78 is 27.8. The van der Waals surface area contributed by atoms with E-state index in [9.17, 15) is 8.42 Å². The van der Waals surface area contributed by atoms with Crippen molar-refractivity contribution in [3.8, 4) is 0 Å². The molecule has 0 atom stereocenters. The highest BCUT2D eigenvalue weighted by atomic mass is 79.9. The van der Waals surface area contributed by atoms with Gasteiger partial charge in [0.2, 0.25) is 0 Å². The first-order valence-electron chi connectivity index (χ1n) is 6.79. The number of rotatable bonds is 4. The lowest BCUT2D eigenvalue weighted by atomic mass is 9.75. The van der Waals surface area contributed by atoms with Gasteiger partial charge in [0.05, 0.1) is 8.81 Å². The van der Waals surface area contributed by atoms with Gasteiger partial charge in [-0.05, 0) is 40.3 Å². The van der Waals surface area contributed by atoms with Gasteiger partial charge in [-0.2, -0.15) is 4.31 Å². The minimum Gasteiger partial charge on any atom is -0.206 e. The quantitative estimate of drug-likeness (QED) is 0.731. The molecule has 114 valence electrons. The zero-order valence-corrected chi connectivity index (χ0v) is 15.6. The second kappa shape index (κ2) is 6.24. The Morgan fingerprint density at radius 3 is 2.30 bits per heavy atom. The minimum absolute atomic E-state index is 0.319. The molecule has 0 amide bonds. The summed E-state index contributed by atoms with van der Waals surface area (Å²) in [5.41, 5.74) is 0.319. The van der Waals surface area contributed by atoms with Crippen molar-refractivity contribution >= 4 is 48.9 Å². The fourth-order valence-electron chi connectivity index (χ4n) is 2.74. The first kappa shape index (κ1) is 16.7. The van der Waals surface area contributed by atoms with Gasteiger partial charge in [0.1, 0.15) is 4.21 Å². The summed E-state index contributed by atoms with van der Waals surface area (Å²) in [5, 5.41) is 0.460. The number of halogens is 2. The Bertz CT molecular complexity index is 552. The van der Waals surface area contributed by atoms with E-state index in [2.05, 4.69) is 29.8 Å². The summed E-state index contributed by atoms with van der Waals surface area (Å²) in [6, 6.07) is 1.53. The monoisotopic (exact) mass is 399 g/mol. The molecule has 3 nitrogen and oxygen atoms in total. The average Bonchev–Trinajstić information content (AvgIpc) is 2.79. The Balaban J connectivity index is 2.17. The summed E-state index contributed by atoms with van der Waals surface area (Å²) >= 11 is 10.4. The van der Waals surface area contributed by atoms with Gasteiger partial charge in [-0.1, -0.05) is 38.3 Å². The molecule has 1 aliphatic rings. The predicted octanol–water partition coefficient (Wildman–Crippen LogP) is 4.75. The van der Waals surface area contributed by atoms with Crippen LogP contribution in [-0.4, -0.2) is 25.8 Å². The van der Waals surface area contributed by atoms with E-state index in [1.54, 1.807) is 4.31 Å². The van der Waals surface area contributed by atoms with E-state index in [0.29, 0.717) is 31.5 Å². The van der Waals surface area contributed by atoms with Crippen molar-refractivity contribution in [2.24, 2.45) is 5.41 Å². The molecule has 1 aliphatic heterocycles. The molecule has 1 aromatic heterocycles. The van der Waals surface area contributed by atoms with E-state index < -0.39 is 10.0 Å². The molecule has 20 heavy (non-hydrogen) atoms. The van der Waals surface area contributed by atoms with Crippen molar-refractivity contribution in [1.29, 1.82) is 0 Å². The first-order valence-corrected chi connectivity index (χ1v) is 10.2. The molecule has 2 rings (SSSR count). The molecule has 0 bridgehead atoms. The second-order valence-corrected chi connectivity index (χ2v) is 10.2. The average molecular weight is 401 g/mol. The Morgan fingerprint density at radius 1 is 1.35 bits per heavy atom. The molecule has 1 aromatic rings. The third-order valence-electron chi connectivity index (χ3n) is 4.50. The standard InChI is InChI=1S/C13H19BrClNO2S2/c1-3-13(4-2)5-7-16(8-6-13)20(17,18)11-9-10(15)12(14)19-11/h9H,3-8H2,1-2H3. The highest BCUT2D eigenvalue weighted by Gasteiger charge is 2.36. The maximum atomic E-state index is 12.6. The fraction of sp³-hybridized carbons (Fsp3) is 0.692. The second-order valence-electron chi connectivity index (χ2n) is 5.30. The molecular formula is C13H19BrClNO2S2. The molecule has 7 heteroatoms. The number of hydrogen-bond donors (Lipinski definition) is 0. The van der Waals surface area contributed by atoms with Crippen molar-refractivity contribution in [2.75, 3.05) is 13.1 Å². The van der Waals surface area contributed by atoms with Crippen LogP contribution in [0.3, 0.4) is 0 Å². The van der Waals surface area contributed by atoms with Gasteiger partial charge in [0, 0.05) is 13.1 Å². The maximum Gasteiger partial charge on any atom is 0.252 e. The molecule has 0 N–H and O–H groups in total. The molecule has 0 unspecified atom stereocenters. The van der Waals surface area contributed by atoms with E-state index in [1.165, 1.54) is 17.4 Å². The van der Waals surface area contributed by atoms with Crippen LogP contribution in [0.2, 0.25) is 5.02 Å². The molecule has 1 saturated heterocycles. The van der Waals surface area contributed by atoms with Crippen molar-refractivity contribution in [3.05, 3.63) is 14.9 Å². The van der Waals surface area contributed by atoms with Gasteiger partial charge in [-0.25, -0.2) is 8.42 Å². The van der Waals surface area contributed by atoms with Gasteiger partial charge in [-0.15, -0.1) is 11.3 Å². The summed E-state index contributed by atoms with van der Waals surface area (Å²) in [5.74, 6) is 0. The van der Waals surface area contributed by atoms with Crippen LogP contribution >= 0.6 is 38.9 Å². The lowest BCUT2D eigenvalue weighted by Crippen LogP contribution is -2.42. The third-order valence-corrected chi connectivity index (χ3v) is 9.32. The number of sulfonamides is 1. The van der Waals surface area contributed by atoms with Crippen LogP contribution in [0.15, 0.2) is 14.1 Å². The molecule has 0 saturated carbocycles. The summed E-state index contributed by atoms with van der Waals surface area (Å²) in [7, 11) is -3.39. The maximum absolute atomic E-state index is 12.6. The van der Waals surface area contributed by atoms with Gasteiger partial charge in [0.25, 0.3) is 10.0 Å². The van der Waals surface area contributed by atoms with Crippen LogP contribution in [0.1, 0.15) is 39.5 Å². The molecule has 0 aromatic carbocycles. The highest BCUT2D eigenvalue weighted by molar-refractivity contribution is 9.11. The van der Waals surface area contributed by atoms with E-state index >= 15 is 0 Å².